The predicted octanol–water partition coefficient (Wildman–Crippen LogP) is 1.26. The van der Waals surface area contributed by atoms with Gasteiger partial charge in [-0.2, -0.15) is 0 Å². The quantitative estimate of drug-likeness (QED) is 0.758. The van der Waals surface area contributed by atoms with Crippen LogP contribution in [0.2, 0.25) is 0 Å². The molecule has 0 radical (unpaired) electrons. The third-order valence-electron chi connectivity index (χ3n) is 1.86. The SMILES string of the molecule is C=Cc1cc(OCC(=O)O)cc(OCC(=O)O)c1. The first-order valence-electron chi connectivity index (χ1n) is 4.98. The molecule has 0 fully saturated rings. The molecule has 2 N–H and O–H groups in total. The van der Waals surface area contributed by atoms with Gasteiger partial charge in [0.1, 0.15) is 11.5 Å². The summed E-state index contributed by atoms with van der Waals surface area (Å²) in [5.41, 5.74) is 0.637. The fraction of sp³-hybridized carbons (Fsp3) is 0.167. The Bertz CT molecular complexity index is 429. The lowest BCUT2D eigenvalue weighted by molar-refractivity contribution is -0.140. The molecule has 0 spiro atoms. The van der Waals surface area contributed by atoms with E-state index < -0.39 is 25.2 Å². The van der Waals surface area contributed by atoms with Crippen LogP contribution in [0, 0.1) is 0 Å². The highest BCUT2D eigenvalue weighted by Gasteiger charge is 2.05. The van der Waals surface area contributed by atoms with E-state index in [-0.39, 0.29) is 11.5 Å². The molecule has 6 heteroatoms. The lowest BCUT2D eigenvalue weighted by Gasteiger charge is -2.08. The van der Waals surface area contributed by atoms with Crippen molar-refractivity contribution in [1.29, 1.82) is 0 Å². The summed E-state index contributed by atoms with van der Waals surface area (Å²) in [6.07, 6.45) is 1.52. The zero-order valence-corrected chi connectivity index (χ0v) is 9.46. The molecule has 0 heterocycles. The second-order valence-electron chi connectivity index (χ2n) is 3.31. The van der Waals surface area contributed by atoms with Crippen molar-refractivity contribution >= 4 is 18.0 Å². The summed E-state index contributed by atoms with van der Waals surface area (Å²) in [5.74, 6) is -1.66. The molecule has 0 aliphatic rings. The van der Waals surface area contributed by atoms with Crippen molar-refractivity contribution in [2.75, 3.05) is 13.2 Å². The maximum absolute atomic E-state index is 10.4. The van der Waals surface area contributed by atoms with Crippen molar-refractivity contribution in [3.8, 4) is 11.5 Å². The summed E-state index contributed by atoms with van der Waals surface area (Å²) in [7, 11) is 0. The van der Waals surface area contributed by atoms with Gasteiger partial charge >= 0.3 is 11.9 Å². The Morgan fingerprint density at radius 2 is 1.50 bits per heavy atom. The fourth-order valence-electron chi connectivity index (χ4n) is 1.17. The normalized spacial score (nSPS) is 9.56. The highest BCUT2D eigenvalue weighted by atomic mass is 16.5. The third kappa shape index (κ3) is 4.56. The van der Waals surface area contributed by atoms with Gasteiger partial charge in [-0.3, -0.25) is 0 Å². The molecular weight excluding hydrogens is 240 g/mol. The first kappa shape index (κ1) is 13.6. The molecule has 6 nitrogen and oxygen atoms in total. The Morgan fingerprint density at radius 3 is 1.83 bits per heavy atom. The van der Waals surface area contributed by atoms with Crippen molar-refractivity contribution in [1.82, 2.24) is 0 Å². The number of aliphatic carboxylic acids is 2. The van der Waals surface area contributed by atoms with Gasteiger partial charge in [0, 0.05) is 6.07 Å². The second-order valence-corrected chi connectivity index (χ2v) is 3.31. The van der Waals surface area contributed by atoms with E-state index in [0.29, 0.717) is 5.56 Å². The van der Waals surface area contributed by atoms with E-state index in [1.54, 1.807) is 12.1 Å². The number of carboxylic acid groups (broad SMARTS) is 2. The van der Waals surface area contributed by atoms with Gasteiger partial charge in [0.2, 0.25) is 0 Å². The van der Waals surface area contributed by atoms with Crippen LogP contribution >= 0.6 is 0 Å². The van der Waals surface area contributed by atoms with E-state index in [9.17, 15) is 9.59 Å². The van der Waals surface area contributed by atoms with Crippen molar-refractivity contribution in [3.05, 3.63) is 30.3 Å². The van der Waals surface area contributed by atoms with Crippen LogP contribution in [0.3, 0.4) is 0 Å². The van der Waals surface area contributed by atoms with Crippen molar-refractivity contribution in [3.63, 3.8) is 0 Å². The Kier molecular flexibility index (Phi) is 4.74. The Labute approximate surface area is 103 Å². The van der Waals surface area contributed by atoms with Crippen LogP contribution < -0.4 is 9.47 Å². The highest BCUT2D eigenvalue weighted by molar-refractivity contribution is 5.69. The van der Waals surface area contributed by atoms with Gasteiger partial charge < -0.3 is 19.7 Å². The van der Waals surface area contributed by atoms with Crippen LogP contribution in [0.15, 0.2) is 24.8 Å². The molecule has 1 aromatic carbocycles. The van der Waals surface area contributed by atoms with Gasteiger partial charge in [-0.05, 0) is 17.7 Å². The van der Waals surface area contributed by atoms with Crippen LogP contribution in [-0.2, 0) is 9.59 Å². The largest absolute Gasteiger partial charge is 0.482 e. The van der Waals surface area contributed by atoms with Gasteiger partial charge in [-0.15, -0.1) is 0 Å². The number of hydrogen-bond donors (Lipinski definition) is 2. The number of carboxylic acids is 2. The molecule has 0 atom stereocenters. The standard InChI is InChI=1S/C12H12O6/c1-2-8-3-9(17-6-11(13)14)5-10(4-8)18-7-12(15)16/h2-5H,1,6-7H2,(H,13,14)(H,15,16). The summed E-state index contributed by atoms with van der Waals surface area (Å²) >= 11 is 0. The fourth-order valence-corrected chi connectivity index (χ4v) is 1.17. The van der Waals surface area contributed by atoms with Gasteiger partial charge in [0.25, 0.3) is 0 Å². The topological polar surface area (TPSA) is 93.1 Å². The Hall–Kier alpha value is -2.50. The van der Waals surface area contributed by atoms with Gasteiger partial charge in [-0.25, -0.2) is 9.59 Å². The van der Waals surface area contributed by atoms with Crippen LogP contribution in [0.25, 0.3) is 6.08 Å². The lowest BCUT2D eigenvalue weighted by Crippen LogP contribution is -2.11. The average molecular weight is 252 g/mol. The molecule has 96 valence electrons. The van der Waals surface area contributed by atoms with Crippen LogP contribution in [0.5, 0.6) is 11.5 Å². The van der Waals surface area contributed by atoms with E-state index in [1.807, 2.05) is 0 Å². The van der Waals surface area contributed by atoms with Gasteiger partial charge in [-0.1, -0.05) is 12.7 Å². The first-order valence-corrected chi connectivity index (χ1v) is 4.98. The predicted molar refractivity (Wildman–Crippen MR) is 62.8 cm³/mol. The molecule has 0 unspecified atom stereocenters. The zero-order valence-electron chi connectivity index (χ0n) is 9.46. The van der Waals surface area contributed by atoms with E-state index in [0.717, 1.165) is 0 Å². The zero-order chi connectivity index (χ0) is 13.5. The molecule has 0 amide bonds. The van der Waals surface area contributed by atoms with Gasteiger partial charge in [0.15, 0.2) is 13.2 Å². The summed E-state index contributed by atoms with van der Waals surface area (Å²) in [4.78, 5) is 20.7. The molecule has 0 aromatic heterocycles. The number of carbonyl (C=O) groups is 2. The summed E-state index contributed by atoms with van der Waals surface area (Å²) in [6.45, 7) is 2.59. The summed E-state index contributed by atoms with van der Waals surface area (Å²) in [6, 6.07) is 4.56. The molecule has 1 aromatic rings. The molecular formula is C12H12O6. The summed E-state index contributed by atoms with van der Waals surface area (Å²) < 4.78 is 9.97. The van der Waals surface area contributed by atoms with E-state index >= 15 is 0 Å². The van der Waals surface area contributed by atoms with Crippen molar-refractivity contribution in [2.24, 2.45) is 0 Å². The van der Waals surface area contributed by atoms with Crippen molar-refractivity contribution in [2.45, 2.75) is 0 Å². The van der Waals surface area contributed by atoms with Crippen LogP contribution in [0.4, 0.5) is 0 Å². The van der Waals surface area contributed by atoms with Crippen LogP contribution in [0.1, 0.15) is 5.56 Å². The molecule has 0 bridgehead atoms. The Balaban J connectivity index is 2.83. The molecule has 0 saturated heterocycles. The molecule has 0 aliphatic heterocycles. The lowest BCUT2D eigenvalue weighted by atomic mass is 10.2. The minimum absolute atomic E-state index is 0.273. The van der Waals surface area contributed by atoms with E-state index in [4.69, 9.17) is 19.7 Å². The number of rotatable bonds is 7. The maximum atomic E-state index is 10.4. The first-order chi connectivity index (χ1) is 8.51. The van der Waals surface area contributed by atoms with E-state index in [2.05, 4.69) is 6.58 Å². The Morgan fingerprint density at radius 1 is 1.06 bits per heavy atom. The number of ether oxygens (including phenoxy) is 2. The number of benzene rings is 1. The highest BCUT2D eigenvalue weighted by Crippen LogP contribution is 2.23. The second kappa shape index (κ2) is 6.29. The summed E-state index contributed by atoms with van der Waals surface area (Å²) in [5, 5.41) is 17.0. The minimum Gasteiger partial charge on any atom is -0.482 e. The third-order valence-corrected chi connectivity index (χ3v) is 1.86. The monoisotopic (exact) mass is 252 g/mol. The molecule has 1 rings (SSSR count). The van der Waals surface area contributed by atoms with Gasteiger partial charge in [0.05, 0.1) is 0 Å². The maximum Gasteiger partial charge on any atom is 0.341 e. The van der Waals surface area contributed by atoms with Crippen molar-refractivity contribution < 1.29 is 29.3 Å². The molecule has 0 aliphatic carbocycles. The molecule has 18 heavy (non-hydrogen) atoms. The minimum atomic E-state index is -1.10. The number of hydrogen-bond acceptors (Lipinski definition) is 4. The average Bonchev–Trinajstić information content (AvgIpc) is 2.33. The molecule has 0 saturated carbocycles. The van der Waals surface area contributed by atoms with E-state index in [1.165, 1.54) is 12.1 Å². The smallest absolute Gasteiger partial charge is 0.341 e. The van der Waals surface area contributed by atoms with Crippen LogP contribution in [-0.4, -0.2) is 35.4 Å².